The molecular formula is C36H38ClFN6O4. The number of piperazine rings is 1. The van der Waals surface area contributed by atoms with Gasteiger partial charge in [0.05, 0.1) is 17.8 Å². The summed E-state index contributed by atoms with van der Waals surface area (Å²) in [6.07, 6.45) is 7.58. The molecule has 5 atom stereocenters. The van der Waals surface area contributed by atoms with E-state index in [-0.39, 0.29) is 46.4 Å². The summed E-state index contributed by atoms with van der Waals surface area (Å²) in [5.41, 5.74) is 1.62. The molecular weight excluding hydrogens is 635 g/mol. The Bertz CT molecular complexity index is 2000. The lowest BCUT2D eigenvalue weighted by Gasteiger charge is -2.48. The molecule has 10 nitrogen and oxygen atoms in total. The first-order chi connectivity index (χ1) is 23.3. The quantitative estimate of drug-likeness (QED) is 0.284. The monoisotopic (exact) mass is 672 g/mol. The molecule has 1 amide bonds. The van der Waals surface area contributed by atoms with E-state index in [1.165, 1.54) is 6.07 Å². The van der Waals surface area contributed by atoms with Gasteiger partial charge in [-0.15, -0.1) is 0 Å². The molecule has 5 aliphatic rings. The number of hydrogen-bond acceptors (Lipinski definition) is 9. The van der Waals surface area contributed by atoms with Crippen molar-refractivity contribution >= 4 is 50.6 Å². The Balaban J connectivity index is 1.23. The lowest BCUT2D eigenvalue weighted by Crippen LogP contribution is -2.66. The first kappa shape index (κ1) is 30.3. The van der Waals surface area contributed by atoms with Crippen molar-refractivity contribution in [2.24, 2.45) is 0 Å². The average Bonchev–Trinajstić information content (AvgIpc) is 3.76. The summed E-state index contributed by atoms with van der Waals surface area (Å²) in [6, 6.07) is 8.56. The maximum atomic E-state index is 17.1. The minimum absolute atomic E-state index is 0.000504. The molecule has 4 fully saturated rings. The van der Waals surface area contributed by atoms with Crippen LogP contribution >= 0.6 is 11.6 Å². The molecule has 12 heteroatoms. The number of carbonyl (C=O) groups excluding carboxylic acids is 1. The number of nitrogens with one attached hydrogen (secondary N) is 1. The van der Waals surface area contributed by atoms with Crippen molar-refractivity contribution in [3.8, 4) is 22.9 Å². The van der Waals surface area contributed by atoms with Crippen molar-refractivity contribution in [1.29, 1.82) is 0 Å². The van der Waals surface area contributed by atoms with Crippen LogP contribution in [0.5, 0.6) is 11.6 Å². The van der Waals surface area contributed by atoms with Gasteiger partial charge in [-0.25, -0.2) is 9.37 Å². The number of nitrogens with zero attached hydrogens (tertiary/aromatic N) is 5. The Hall–Kier alpha value is -3.77. The number of halogens is 2. The predicted octanol–water partition coefficient (Wildman–Crippen LogP) is 5.26. The summed E-state index contributed by atoms with van der Waals surface area (Å²) in [5, 5.41) is 16.4. The highest BCUT2D eigenvalue weighted by atomic mass is 35.5. The fourth-order valence-corrected chi connectivity index (χ4v) is 9.70. The number of aromatic hydroxyl groups is 1. The van der Waals surface area contributed by atoms with E-state index >= 15 is 4.39 Å². The van der Waals surface area contributed by atoms with E-state index in [4.69, 9.17) is 26.1 Å². The molecule has 4 aromatic rings. The maximum Gasteiger partial charge on any atom is 0.251 e. The number of carbonyl (C=O) groups is 1. The number of rotatable bonds is 6. The van der Waals surface area contributed by atoms with E-state index in [2.05, 4.69) is 20.1 Å². The number of anilines is 2. The topological polar surface area (TPSA) is 103 Å². The van der Waals surface area contributed by atoms with Gasteiger partial charge in [-0.2, -0.15) is 0 Å². The first-order valence-corrected chi connectivity index (χ1v) is 17.3. The van der Waals surface area contributed by atoms with Crippen molar-refractivity contribution in [3.63, 3.8) is 0 Å². The molecule has 2 bridgehead atoms. The van der Waals surface area contributed by atoms with E-state index < -0.39 is 11.9 Å². The van der Waals surface area contributed by atoms with Crippen molar-refractivity contribution < 1.29 is 23.8 Å². The average molecular weight is 673 g/mol. The lowest BCUT2D eigenvalue weighted by atomic mass is 9.95. The predicted molar refractivity (Wildman–Crippen MR) is 183 cm³/mol. The molecule has 0 saturated carbocycles. The van der Waals surface area contributed by atoms with Gasteiger partial charge in [0.15, 0.2) is 5.82 Å². The molecule has 2 aromatic heterocycles. The second kappa shape index (κ2) is 11.1. The van der Waals surface area contributed by atoms with Crippen LogP contribution in [0.4, 0.5) is 15.8 Å². The van der Waals surface area contributed by atoms with Gasteiger partial charge in [-0.05, 0) is 68.7 Å². The second-order valence-electron chi connectivity index (χ2n) is 14.1. The molecule has 4 saturated heterocycles. The van der Waals surface area contributed by atoms with Gasteiger partial charge in [-0.1, -0.05) is 23.7 Å². The van der Waals surface area contributed by atoms with E-state index in [9.17, 15) is 9.90 Å². The van der Waals surface area contributed by atoms with E-state index in [1.54, 1.807) is 43.5 Å². The number of methoxy groups -OCH3 is 1. The van der Waals surface area contributed by atoms with E-state index in [0.717, 1.165) is 50.8 Å². The zero-order chi connectivity index (χ0) is 32.9. The van der Waals surface area contributed by atoms with Crippen LogP contribution in [-0.4, -0.2) is 96.0 Å². The van der Waals surface area contributed by atoms with Crippen LogP contribution < -0.4 is 19.9 Å². The zero-order valence-electron chi connectivity index (χ0n) is 27.0. The third-order valence-corrected chi connectivity index (χ3v) is 11.9. The largest absolute Gasteiger partial charge is 0.508 e. The molecule has 5 unspecified atom stereocenters. The zero-order valence-corrected chi connectivity index (χ0v) is 27.8. The summed E-state index contributed by atoms with van der Waals surface area (Å²) < 4.78 is 29.4. The molecule has 0 aliphatic carbocycles. The SMILES string of the molecule is COCC1CCC2(COc3nc4c(F)c(-c5cc(O)cc6cccc(Cl)c56)ncc4c4c3N(C)C(=O)C3C5CCC(CN43)N5)CCCN12. The van der Waals surface area contributed by atoms with Crippen LogP contribution in [0.15, 0.2) is 36.5 Å². The van der Waals surface area contributed by atoms with Crippen molar-refractivity contribution in [1.82, 2.24) is 20.2 Å². The number of hydrogen-bond donors (Lipinski definition) is 2. The van der Waals surface area contributed by atoms with Crippen LogP contribution in [0.2, 0.25) is 5.02 Å². The highest BCUT2D eigenvalue weighted by molar-refractivity contribution is 6.36. The lowest BCUT2D eigenvalue weighted by molar-refractivity contribution is -0.120. The molecule has 9 rings (SSSR count). The van der Waals surface area contributed by atoms with Gasteiger partial charge in [0.25, 0.3) is 5.91 Å². The van der Waals surface area contributed by atoms with Crippen LogP contribution in [0.25, 0.3) is 32.9 Å². The molecule has 7 heterocycles. The van der Waals surface area contributed by atoms with Gasteiger partial charge < -0.3 is 29.7 Å². The van der Waals surface area contributed by atoms with Gasteiger partial charge in [0, 0.05) is 66.4 Å². The summed E-state index contributed by atoms with van der Waals surface area (Å²) in [4.78, 5) is 29.9. The minimum atomic E-state index is -0.636. The number of amides is 1. The van der Waals surface area contributed by atoms with Crippen molar-refractivity contribution in [2.45, 2.75) is 68.2 Å². The van der Waals surface area contributed by atoms with E-state index in [1.807, 2.05) is 6.07 Å². The van der Waals surface area contributed by atoms with Crippen molar-refractivity contribution in [2.75, 3.05) is 50.3 Å². The molecule has 2 aromatic carbocycles. The van der Waals surface area contributed by atoms with Crippen LogP contribution in [0.1, 0.15) is 38.5 Å². The highest BCUT2D eigenvalue weighted by Gasteiger charge is 2.52. The summed E-state index contributed by atoms with van der Waals surface area (Å²) >= 11 is 6.64. The van der Waals surface area contributed by atoms with Crippen LogP contribution in [0.3, 0.4) is 0 Å². The summed E-state index contributed by atoms with van der Waals surface area (Å²) in [6.45, 7) is 2.64. The van der Waals surface area contributed by atoms with Gasteiger partial charge in [-0.3, -0.25) is 14.7 Å². The standard InChI is InChI=1S/C36H38ClFN6O4/c1-42-33-31(43-16-20-7-8-26(40-20)32(43)35(42)46)24-15-39-29(23-14-22(45)13-19-5-3-6-25(37)27(19)23)28(38)30(24)41-34(33)48-18-36-10-4-12-44(36)21(9-11-36)17-47-2/h3,5-6,13-15,20-21,26,32,40,45H,4,7-12,16-18H2,1-2H3. The highest BCUT2D eigenvalue weighted by Crippen LogP contribution is 2.51. The summed E-state index contributed by atoms with van der Waals surface area (Å²) in [7, 11) is 3.51. The Labute approximate surface area is 282 Å². The number of likely N-dealkylation sites (N-methyl/N-ethyl adjacent to an activating group) is 1. The smallest absolute Gasteiger partial charge is 0.251 e. The number of pyridine rings is 2. The number of phenols is 1. The Kier molecular flexibility index (Phi) is 7.03. The third kappa shape index (κ3) is 4.37. The number of benzene rings is 2. The molecule has 2 N–H and O–H groups in total. The molecule has 48 heavy (non-hydrogen) atoms. The number of ether oxygens (including phenoxy) is 2. The third-order valence-electron chi connectivity index (χ3n) is 11.5. The Morgan fingerprint density at radius 1 is 1.19 bits per heavy atom. The van der Waals surface area contributed by atoms with Gasteiger partial charge >= 0.3 is 0 Å². The Morgan fingerprint density at radius 3 is 2.92 bits per heavy atom. The second-order valence-corrected chi connectivity index (χ2v) is 14.5. The summed E-state index contributed by atoms with van der Waals surface area (Å²) in [5.74, 6) is -0.447. The van der Waals surface area contributed by atoms with E-state index in [0.29, 0.717) is 58.2 Å². The fourth-order valence-electron chi connectivity index (χ4n) is 9.42. The molecule has 0 spiro atoms. The number of fused-ring (bicyclic) bond motifs is 10. The Morgan fingerprint density at radius 2 is 2.06 bits per heavy atom. The van der Waals surface area contributed by atoms with Gasteiger partial charge in [0.2, 0.25) is 5.88 Å². The number of phenolic OH excluding ortho intramolecular Hbond substituents is 1. The fraction of sp³-hybridized carbons (Fsp3) is 0.472. The molecule has 5 aliphatic heterocycles. The first-order valence-electron chi connectivity index (χ1n) is 16.9. The van der Waals surface area contributed by atoms with Crippen molar-refractivity contribution in [3.05, 3.63) is 47.4 Å². The maximum absolute atomic E-state index is 17.1. The molecule has 0 radical (unpaired) electrons. The van der Waals surface area contributed by atoms with Gasteiger partial charge in [0.1, 0.15) is 35.3 Å². The number of aromatic nitrogens is 2. The van der Waals surface area contributed by atoms with Crippen LogP contribution in [-0.2, 0) is 9.53 Å². The molecule has 250 valence electrons. The van der Waals surface area contributed by atoms with Crippen LogP contribution in [0, 0.1) is 5.82 Å². The minimum Gasteiger partial charge on any atom is -0.508 e. The normalized spacial score (nSPS) is 28.0.